The lowest BCUT2D eigenvalue weighted by molar-refractivity contribution is 0.473. The fraction of sp³-hybridized carbons (Fsp3) is 0.700. The van der Waals surface area contributed by atoms with E-state index < -0.39 is 10.0 Å². The van der Waals surface area contributed by atoms with Gasteiger partial charge in [-0.2, -0.15) is 5.10 Å². The maximum Gasteiger partial charge on any atom is 0.213 e. The zero-order chi connectivity index (χ0) is 11.8. The van der Waals surface area contributed by atoms with Crippen molar-refractivity contribution in [2.75, 3.05) is 18.8 Å². The first kappa shape index (κ1) is 11.6. The Bertz CT molecular complexity index is 466. The van der Waals surface area contributed by atoms with Crippen molar-refractivity contribution in [2.24, 2.45) is 0 Å². The van der Waals surface area contributed by atoms with E-state index in [0.717, 1.165) is 17.7 Å². The Morgan fingerprint density at radius 1 is 1.62 bits per heavy atom. The first-order valence-corrected chi connectivity index (χ1v) is 7.13. The summed E-state index contributed by atoms with van der Waals surface area (Å²) in [6, 6.07) is 0. The van der Waals surface area contributed by atoms with Crippen molar-refractivity contribution in [1.29, 1.82) is 0 Å². The monoisotopic (exact) mass is 243 g/mol. The lowest BCUT2D eigenvalue weighted by Gasteiger charge is -2.14. The predicted molar refractivity (Wildman–Crippen MR) is 61.7 cm³/mol. The molecule has 1 fully saturated rings. The van der Waals surface area contributed by atoms with Crippen LogP contribution in [0.1, 0.15) is 30.5 Å². The number of hydrogen-bond donors (Lipinski definition) is 1. The highest BCUT2D eigenvalue weighted by Gasteiger charge is 2.32. The fourth-order valence-electron chi connectivity index (χ4n) is 2.17. The number of hydrogen-bond acceptors (Lipinski definition) is 3. The topological polar surface area (TPSA) is 66.1 Å². The Morgan fingerprint density at radius 3 is 2.94 bits per heavy atom. The van der Waals surface area contributed by atoms with Crippen LogP contribution in [0.15, 0.2) is 6.20 Å². The van der Waals surface area contributed by atoms with E-state index in [2.05, 4.69) is 10.2 Å². The van der Waals surface area contributed by atoms with E-state index in [4.69, 9.17) is 0 Å². The molecule has 1 saturated heterocycles. The number of H-pyrrole nitrogens is 1. The largest absolute Gasteiger partial charge is 0.282 e. The minimum absolute atomic E-state index is 0.182. The van der Waals surface area contributed by atoms with Crippen LogP contribution in [0, 0.1) is 6.92 Å². The molecule has 0 unspecified atom stereocenters. The van der Waals surface area contributed by atoms with Crippen molar-refractivity contribution in [3.63, 3.8) is 0 Å². The maximum atomic E-state index is 11.7. The molecule has 5 nitrogen and oxygen atoms in total. The van der Waals surface area contributed by atoms with Crippen molar-refractivity contribution in [2.45, 2.75) is 26.2 Å². The summed E-state index contributed by atoms with van der Waals surface area (Å²) in [5.74, 6) is 0.450. The molecule has 1 aromatic heterocycles. The third-order valence-electron chi connectivity index (χ3n) is 3.19. The Morgan fingerprint density at radius 2 is 2.38 bits per heavy atom. The van der Waals surface area contributed by atoms with Gasteiger partial charge in [0, 0.05) is 24.7 Å². The van der Waals surface area contributed by atoms with Gasteiger partial charge in [0.2, 0.25) is 10.0 Å². The number of rotatable bonds is 3. The van der Waals surface area contributed by atoms with Gasteiger partial charge in [-0.05, 0) is 25.8 Å². The molecule has 1 aliphatic heterocycles. The van der Waals surface area contributed by atoms with Gasteiger partial charge in [0.25, 0.3) is 0 Å². The smallest absolute Gasteiger partial charge is 0.213 e. The van der Waals surface area contributed by atoms with E-state index in [1.165, 1.54) is 0 Å². The standard InChI is InChI=1S/C10H17N3O2S/c1-3-16(14,15)13-5-4-9(7-13)10-8(2)6-11-12-10/h6,9H,3-5,7H2,1-2H3,(H,11,12)/t9-/m1/s1. The number of nitrogens with one attached hydrogen (secondary N) is 1. The molecule has 0 aromatic carbocycles. The molecule has 6 heteroatoms. The molecule has 1 N–H and O–H groups in total. The number of nitrogens with zero attached hydrogens (tertiary/aromatic N) is 2. The summed E-state index contributed by atoms with van der Waals surface area (Å²) >= 11 is 0. The molecule has 0 bridgehead atoms. The molecule has 0 saturated carbocycles. The van der Waals surface area contributed by atoms with E-state index in [-0.39, 0.29) is 11.7 Å². The molecule has 2 heterocycles. The van der Waals surface area contributed by atoms with E-state index in [9.17, 15) is 8.42 Å². The maximum absolute atomic E-state index is 11.7. The Hall–Kier alpha value is -0.880. The zero-order valence-corrected chi connectivity index (χ0v) is 10.4. The second-order valence-corrected chi connectivity index (χ2v) is 6.47. The average Bonchev–Trinajstić information content (AvgIpc) is 2.85. The first-order valence-electron chi connectivity index (χ1n) is 5.52. The van der Waals surface area contributed by atoms with Gasteiger partial charge in [-0.1, -0.05) is 0 Å². The van der Waals surface area contributed by atoms with Crippen molar-refractivity contribution in [3.05, 3.63) is 17.5 Å². The Kier molecular flexibility index (Phi) is 3.03. The van der Waals surface area contributed by atoms with Gasteiger partial charge in [0.1, 0.15) is 0 Å². The predicted octanol–water partition coefficient (Wildman–Crippen LogP) is 0.857. The minimum atomic E-state index is -3.04. The van der Waals surface area contributed by atoms with Gasteiger partial charge in [0.05, 0.1) is 11.9 Å². The zero-order valence-electron chi connectivity index (χ0n) is 9.60. The Balaban J connectivity index is 2.13. The second-order valence-electron chi connectivity index (χ2n) is 4.21. The normalized spacial score (nSPS) is 22.8. The van der Waals surface area contributed by atoms with Gasteiger partial charge in [0.15, 0.2) is 0 Å². The van der Waals surface area contributed by atoms with Crippen LogP contribution in [0.5, 0.6) is 0 Å². The summed E-state index contributed by atoms with van der Waals surface area (Å²) in [7, 11) is -3.04. The number of aryl methyl sites for hydroxylation is 1. The third kappa shape index (κ3) is 1.99. The van der Waals surface area contributed by atoms with Crippen LogP contribution in [-0.2, 0) is 10.0 Å². The van der Waals surface area contributed by atoms with Crippen LogP contribution in [-0.4, -0.2) is 41.8 Å². The molecular weight excluding hydrogens is 226 g/mol. The lowest BCUT2D eigenvalue weighted by atomic mass is 10.0. The second kappa shape index (κ2) is 4.18. The molecule has 90 valence electrons. The summed E-state index contributed by atoms with van der Waals surface area (Å²) in [4.78, 5) is 0. The highest BCUT2D eigenvalue weighted by molar-refractivity contribution is 7.89. The summed E-state index contributed by atoms with van der Waals surface area (Å²) in [5, 5.41) is 6.95. The van der Waals surface area contributed by atoms with Crippen molar-refractivity contribution in [3.8, 4) is 0 Å². The van der Waals surface area contributed by atoms with E-state index >= 15 is 0 Å². The molecule has 0 radical (unpaired) electrons. The number of aromatic amines is 1. The SMILES string of the molecule is CCS(=O)(=O)N1CC[C@@H](c2[nH]ncc2C)C1. The summed E-state index contributed by atoms with van der Waals surface area (Å²) < 4.78 is 25.0. The summed E-state index contributed by atoms with van der Waals surface area (Å²) in [6.45, 7) is 4.89. The van der Waals surface area contributed by atoms with E-state index in [0.29, 0.717) is 13.1 Å². The van der Waals surface area contributed by atoms with Crippen LogP contribution in [0.25, 0.3) is 0 Å². The van der Waals surface area contributed by atoms with Gasteiger partial charge >= 0.3 is 0 Å². The van der Waals surface area contributed by atoms with Gasteiger partial charge in [-0.25, -0.2) is 12.7 Å². The van der Waals surface area contributed by atoms with Crippen LogP contribution < -0.4 is 0 Å². The first-order chi connectivity index (χ1) is 7.54. The average molecular weight is 243 g/mol. The van der Waals surface area contributed by atoms with Crippen LogP contribution >= 0.6 is 0 Å². The Labute approximate surface area is 95.9 Å². The highest BCUT2D eigenvalue weighted by atomic mass is 32.2. The van der Waals surface area contributed by atoms with Crippen LogP contribution in [0.4, 0.5) is 0 Å². The van der Waals surface area contributed by atoms with Crippen molar-refractivity contribution >= 4 is 10.0 Å². The highest BCUT2D eigenvalue weighted by Crippen LogP contribution is 2.29. The number of sulfonamides is 1. The fourth-order valence-corrected chi connectivity index (χ4v) is 3.32. The van der Waals surface area contributed by atoms with Gasteiger partial charge in [-0.3, -0.25) is 5.10 Å². The van der Waals surface area contributed by atoms with Crippen molar-refractivity contribution in [1.82, 2.24) is 14.5 Å². The number of aromatic nitrogens is 2. The van der Waals surface area contributed by atoms with E-state index in [1.807, 2.05) is 6.92 Å². The van der Waals surface area contributed by atoms with Gasteiger partial charge < -0.3 is 0 Å². The summed E-state index contributed by atoms with van der Waals surface area (Å²) in [6.07, 6.45) is 2.66. The molecule has 1 atom stereocenters. The van der Waals surface area contributed by atoms with Crippen molar-refractivity contribution < 1.29 is 8.42 Å². The summed E-state index contributed by atoms with van der Waals surface area (Å²) in [5.41, 5.74) is 2.19. The molecular formula is C10H17N3O2S. The quantitative estimate of drug-likeness (QED) is 0.856. The van der Waals surface area contributed by atoms with E-state index in [1.54, 1.807) is 17.4 Å². The molecule has 16 heavy (non-hydrogen) atoms. The molecule has 0 spiro atoms. The third-order valence-corrected chi connectivity index (χ3v) is 5.03. The van der Waals surface area contributed by atoms with Gasteiger partial charge in [-0.15, -0.1) is 0 Å². The minimum Gasteiger partial charge on any atom is -0.282 e. The van der Waals surface area contributed by atoms with Crippen LogP contribution in [0.3, 0.4) is 0 Å². The molecule has 1 aromatic rings. The molecule has 0 amide bonds. The van der Waals surface area contributed by atoms with Crippen LogP contribution in [0.2, 0.25) is 0 Å². The molecule has 0 aliphatic carbocycles. The molecule has 1 aliphatic rings. The molecule has 2 rings (SSSR count). The lowest BCUT2D eigenvalue weighted by Crippen LogP contribution is -2.30.